The van der Waals surface area contributed by atoms with Crippen LogP contribution < -0.4 is 15.6 Å². The number of H-pyrrole nitrogens is 1. The average molecular weight is 386 g/mol. The number of aromatic nitrogens is 1. The van der Waals surface area contributed by atoms with Gasteiger partial charge < -0.3 is 15.0 Å². The van der Waals surface area contributed by atoms with Crippen molar-refractivity contribution in [2.45, 2.75) is 44.3 Å². The Bertz CT molecular complexity index is 962. The summed E-state index contributed by atoms with van der Waals surface area (Å²) in [4.78, 5) is 27.0. The van der Waals surface area contributed by atoms with Gasteiger partial charge in [0.25, 0.3) is 5.56 Å². The molecule has 0 spiro atoms. The molecule has 1 saturated heterocycles. The first-order valence-corrected chi connectivity index (χ1v) is 9.29. The van der Waals surface area contributed by atoms with Crippen molar-refractivity contribution in [2.75, 3.05) is 0 Å². The molecular formula is C21H20F2N2O3. The van der Waals surface area contributed by atoms with Gasteiger partial charge >= 0.3 is 6.61 Å². The summed E-state index contributed by atoms with van der Waals surface area (Å²) < 4.78 is 29.2. The van der Waals surface area contributed by atoms with Gasteiger partial charge in [-0.15, -0.1) is 0 Å². The molecule has 5 nitrogen and oxygen atoms in total. The van der Waals surface area contributed by atoms with Gasteiger partial charge in [0.15, 0.2) is 0 Å². The summed E-state index contributed by atoms with van der Waals surface area (Å²) in [5.74, 6) is 0.383. The molecule has 1 amide bonds. The van der Waals surface area contributed by atoms with Crippen LogP contribution in [0.1, 0.15) is 48.4 Å². The van der Waals surface area contributed by atoms with Crippen LogP contribution in [-0.4, -0.2) is 23.5 Å². The predicted molar refractivity (Wildman–Crippen MR) is 100 cm³/mol. The maximum atomic E-state index is 12.5. The third-order valence-electron chi connectivity index (χ3n) is 5.03. The fraction of sp³-hybridized carbons (Fsp3) is 0.333. The topological polar surface area (TPSA) is 71.2 Å². The van der Waals surface area contributed by atoms with E-state index in [9.17, 15) is 18.4 Å². The van der Waals surface area contributed by atoms with Crippen molar-refractivity contribution in [1.82, 2.24) is 10.3 Å². The Labute approximate surface area is 160 Å². The quantitative estimate of drug-likeness (QED) is 0.797. The number of alkyl halides is 2. The zero-order chi connectivity index (χ0) is 19.7. The minimum atomic E-state index is -2.89. The first-order chi connectivity index (χ1) is 13.5. The number of hydrogen-bond acceptors (Lipinski definition) is 3. The van der Waals surface area contributed by atoms with Crippen molar-refractivity contribution in [3.63, 3.8) is 0 Å². The molecule has 1 aliphatic heterocycles. The highest BCUT2D eigenvalue weighted by Crippen LogP contribution is 2.38. The number of pyridine rings is 1. The van der Waals surface area contributed by atoms with Gasteiger partial charge in [0.05, 0.1) is 0 Å². The monoisotopic (exact) mass is 386 g/mol. The molecule has 0 unspecified atom stereocenters. The highest BCUT2D eigenvalue weighted by Gasteiger charge is 2.26. The van der Waals surface area contributed by atoms with E-state index in [0.717, 1.165) is 29.5 Å². The highest BCUT2D eigenvalue weighted by atomic mass is 19.3. The first kappa shape index (κ1) is 18.4. The molecule has 2 N–H and O–H groups in total. The molecule has 2 aromatic rings. The third kappa shape index (κ3) is 4.13. The van der Waals surface area contributed by atoms with Crippen LogP contribution in [0.4, 0.5) is 8.78 Å². The van der Waals surface area contributed by atoms with Crippen LogP contribution in [0.3, 0.4) is 0 Å². The third-order valence-corrected chi connectivity index (χ3v) is 5.03. The number of rotatable bonds is 6. The lowest BCUT2D eigenvalue weighted by Crippen LogP contribution is -2.23. The molecule has 0 radical (unpaired) electrons. The Kier molecular flexibility index (Phi) is 4.98. The van der Waals surface area contributed by atoms with Crippen LogP contribution in [0.5, 0.6) is 5.75 Å². The normalized spacial score (nSPS) is 19.8. The molecule has 28 heavy (non-hydrogen) atoms. The summed E-state index contributed by atoms with van der Waals surface area (Å²) >= 11 is 0. The maximum absolute atomic E-state index is 12.5. The van der Waals surface area contributed by atoms with E-state index in [1.807, 2.05) is 18.2 Å². The summed E-state index contributed by atoms with van der Waals surface area (Å²) in [5, 5.41) is 2.88. The van der Waals surface area contributed by atoms with E-state index in [-0.39, 0.29) is 23.3 Å². The Hall–Kier alpha value is -2.96. The Morgan fingerprint density at radius 3 is 2.39 bits per heavy atom. The molecule has 2 fully saturated rings. The van der Waals surface area contributed by atoms with Crippen LogP contribution in [0.25, 0.3) is 5.57 Å². The van der Waals surface area contributed by atoms with Gasteiger partial charge in [-0.2, -0.15) is 8.78 Å². The largest absolute Gasteiger partial charge is 0.435 e. The van der Waals surface area contributed by atoms with E-state index in [0.29, 0.717) is 24.5 Å². The predicted octanol–water partition coefficient (Wildman–Crippen LogP) is 3.56. The number of halogens is 2. The van der Waals surface area contributed by atoms with Gasteiger partial charge in [-0.05, 0) is 48.9 Å². The minimum absolute atomic E-state index is 0.0149. The molecule has 7 heteroatoms. The van der Waals surface area contributed by atoms with Gasteiger partial charge in [-0.3, -0.25) is 9.59 Å². The van der Waals surface area contributed by atoms with Crippen LogP contribution in [0, 0.1) is 0 Å². The van der Waals surface area contributed by atoms with Crippen molar-refractivity contribution in [3.05, 3.63) is 69.6 Å². The molecule has 1 aliphatic carbocycles. The van der Waals surface area contributed by atoms with E-state index in [1.165, 1.54) is 12.1 Å². The summed E-state index contributed by atoms with van der Waals surface area (Å²) in [7, 11) is 0. The standard InChI is InChI=1S/C21H20F2N2O3/c22-21(23)28-15-6-3-13(4-7-15)17(11-14-5-10-19(26)24-14)18-9-8-16(12-1-2-12)20(27)25-18/h3-4,6-9,11-12,14,21H,1-2,5,10H2,(H,24,26)(H,25,27)/b17-11-/t14-/m1/s1. The molecule has 2 heterocycles. The molecule has 1 saturated carbocycles. The van der Waals surface area contributed by atoms with Crippen molar-refractivity contribution in [3.8, 4) is 5.75 Å². The second-order valence-electron chi connectivity index (χ2n) is 7.13. The molecule has 1 aromatic carbocycles. The smallest absolute Gasteiger partial charge is 0.387 e. The lowest BCUT2D eigenvalue weighted by molar-refractivity contribution is -0.119. The maximum Gasteiger partial charge on any atom is 0.387 e. The highest BCUT2D eigenvalue weighted by molar-refractivity contribution is 5.82. The summed E-state index contributed by atoms with van der Waals surface area (Å²) in [6.07, 6.45) is 5.08. The molecular weight excluding hydrogens is 366 g/mol. The first-order valence-electron chi connectivity index (χ1n) is 9.29. The summed E-state index contributed by atoms with van der Waals surface area (Å²) in [6, 6.07) is 9.80. The Balaban J connectivity index is 1.69. The van der Waals surface area contributed by atoms with Crippen LogP contribution in [-0.2, 0) is 4.79 Å². The number of benzene rings is 1. The molecule has 2 aliphatic rings. The van der Waals surface area contributed by atoms with Crippen molar-refractivity contribution in [2.24, 2.45) is 0 Å². The number of carbonyl (C=O) groups excluding carboxylic acids is 1. The molecule has 1 aromatic heterocycles. The molecule has 146 valence electrons. The fourth-order valence-electron chi connectivity index (χ4n) is 3.48. The zero-order valence-corrected chi connectivity index (χ0v) is 15.1. The molecule has 4 rings (SSSR count). The second-order valence-corrected chi connectivity index (χ2v) is 7.13. The van der Waals surface area contributed by atoms with Gasteiger partial charge in [0.2, 0.25) is 5.91 Å². The van der Waals surface area contributed by atoms with Crippen LogP contribution in [0.15, 0.2) is 47.3 Å². The van der Waals surface area contributed by atoms with Crippen LogP contribution >= 0.6 is 0 Å². The van der Waals surface area contributed by atoms with E-state index in [4.69, 9.17) is 0 Å². The molecule has 0 bridgehead atoms. The SMILES string of the molecule is O=C1CC[C@H](/C=C(/c2ccc(OC(F)F)cc2)c2ccc(C3CC3)c(=O)[nH]2)N1. The summed E-state index contributed by atoms with van der Waals surface area (Å²) in [6.45, 7) is -2.89. The number of carbonyl (C=O) groups is 1. The van der Waals surface area contributed by atoms with Gasteiger partial charge in [-0.1, -0.05) is 24.3 Å². The second kappa shape index (κ2) is 7.58. The zero-order valence-electron chi connectivity index (χ0n) is 15.1. The average Bonchev–Trinajstić information content (AvgIpc) is 3.41. The number of hydrogen-bond donors (Lipinski definition) is 2. The van der Waals surface area contributed by atoms with E-state index < -0.39 is 6.61 Å². The van der Waals surface area contributed by atoms with E-state index in [1.54, 1.807) is 12.1 Å². The Morgan fingerprint density at radius 2 is 1.82 bits per heavy atom. The number of ether oxygens (including phenoxy) is 1. The fourth-order valence-corrected chi connectivity index (χ4v) is 3.48. The lowest BCUT2D eigenvalue weighted by atomic mass is 9.98. The lowest BCUT2D eigenvalue weighted by Gasteiger charge is -2.13. The Morgan fingerprint density at radius 1 is 1.07 bits per heavy atom. The van der Waals surface area contributed by atoms with Gasteiger partial charge in [-0.25, -0.2) is 0 Å². The van der Waals surface area contributed by atoms with E-state index >= 15 is 0 Å². The van der Waals surface area contributed by atoms with Gasteiger partial charge in [0.1, 0.15) is 5.75 Å². The summed E-state index contributed by atoms with van der Waals surface area (Å²) in [5.41, 5.74) is 2.77. The van der Waals surface area contributed by atoms with Crippen LogP contribution in [0.2, 0.25) is 0 Å². The van der Waals surface area contributed by atoms with Crippen molar-refractivity contribution < 1.29 is 18.3 Å². The molecule has 1 atom stereocenters. The van der Waals surface area contributed by atoms with Crippen molar-refractivity contribution in [1.29, 1.82) is 0 Å². The minimum Gasteiger partial charge on any atom is -0.435 e. The van der Waals surface area contributed by atoms with Crippen molar-refractivity contribution >= 4 is 11.5 Å². The number of amides is 1. The van der Waals surface area contributed by atoms with E-state index in [2.05, 4.69) is 15.0 Å². The van der Waals surface area contributed by atoms with Gasteiger partial charge in [0, 0.05) is 29.3 Å². The number of nitrogens with one attached hydrogen (secondary N) is 2. The number of aromatic amines is 1.